The summed E-state index contributed by atoms with van der Waals surface area (Å²) in [6.45, 7) is 5.06. The maximum Gasteiger partial charge on any atom is 0.417 e. The van der Waals surface area contributed by atoms with E-state index in [-0.39, 0.29) is 18.3 Å². The number of halogens is 3. The van der Waals surface area contributed by atoms with Crippen molar-refractivity contribution in [2.45, 2.75) is 50.7 Å². The van der Waals surface area contributed by atoms with Crippen molar-refractivity contribution in [2.75, 3.05) is 37.6 Å². The third kappa shape index (κ3) is 8.73. The van der Waals surface area contributed by atoms with E-state index < -0.39 is 11.7 Å². The second kappa shape index (κ2) is 15.2. The number of hydrogen-bond acceptors (Lipinski definition) is 6. The van der Waals surface area contributed by atoms with Crippen LogP contribution in [0.1, 0.15) is 28.7 Å². The average Bonchev–Trinajstić information content (AvgIpc) is 3.55. The molecule has 2 aliphatic heterocycles. The van der Waals surface area contributed by atoms with E-state index in [2.05, 4.69) is 51.2 Å². The zero-order valence-corrected chi connectivity index (χ0v) is 25.8. The topological polar surface area (TPSA) is 47.1 Å². The molecule has 2 aliphatic rings. The zero-order valence-electron chi connectivity index (χ0n) is 25.8. The number of benzene rings is 3. The number of pyridine rings is 1. The Kier molecular flexibility index (Phi) is 10.7. The van der Waals surface area contributed by atoms with Gasteiger partial charge in [-0.15, -0.1) is 0 Å². The predicted molar refractivity (Wildman–Crippen MR) is 171 cm³/mol. The maximum atomic E-state index is 13.1. The molecule has 46 heavy (non-hydrogen) atoms. The number of piperidine rings is 1. The van der Waals surface area contributed by atoms with Crippen LogP contribution in [0.5, 0.6) is 0 Å². The van der Waals surface area contributed by atoms with E-state index in [1.807, 2.05) is 54.6 Å². The van der Waals surface area contributed by atoms with Gasteiger partial charge in [-0.2, -0.15) is 13.2 Å². The minimum absolute atomic E-state index is 0.229. The predicted octanol–water partition coefficient (Wildman–Crippen LogP) is 7.00. The van der Waals surface area contributed by atoms with Gasteiger partial charge in [0.1, 0.15) is 11.9 Å². The molecule has 0 spiro atoms. The molecule has 3 heterocycles. The normalized spacial score (nSPS) is 22.3. The number of ether oxygens (including phenoxy) is 3. The van der Waals surface area contributed by atoms with Gasteiger partial charge in [-0.05, 0) is 41.2 Å². The molecule has 1 aromatic heterocycles. The number of hydrogen-bond donors (Lipinski definition) is 0. The average molecular weight is 632 g/mol. The monoisotopic (exact) mass is 631 g/mol. The van der Waals surface area contributed by atoms with E-state index in [0.29, 0.717) is 44.6 Å². The summed E-state index contributed by atoms with van der Waals surface area (Å²) < 4.78 is 59.0. The first-order valence-corrected chi connectivity index (χ1v) is 15.9. The first-order chi connectivity index (χ1) is 22.4. The van der Waals surface area contributed by atoms with Crippen LogP contribution in [-0.4, -0.2) is 60.9 Å². The van der Waals surface area contributed by atoms with Crippen molar-refractivity contribution < 1.29 is 27.4 Å². The second-order valence-electron chi connectivity index (χ2n) is 12.2. The number of likely N-dealkylation sites (tertiary alicyclic amines) is 1. The van der Waals surface area contributed by atoms with Crippen LogP contribution in [0.15, 0.2) is 109 Å². The quantitative estimate of drug-likeness (QED) is 0.168. The highest BCUT2D eigenvalue weighted by atomic mass is 19.4. The summed E-state index contributed by atoms with van der Waals surface area (Å²) in [5.74, 6) is 0.909. The molecule has 0 N–H and O–H groups in total. The summed E-state index contributed by atoms with van der Waals surface area (Å²) in [5.41, 5.74) is 2.56. The van der Waals surface area contributed by atoms with E-state index in [9.17, 15) is 13.2 Å². The van der Waals surface area contributed by atoms with Crippen molar-refractivity contribution in [2.24, 2.45) is 5.92 Å². The van der Waals surface area contributed by atoms with Crippen LogP contribution in [0.4, 0.5) is 19.0 Å². The lowest BCUT2D eigenvalue weighted by Gasteiger charge is -2.44. The van der Waals surface area contributed by atoms with Gasteiger partial charge >= 0.3 is 6.18 Å². The van der Waals surface area contributed by atoms with Crippen LogP contribution in [0.2, 0.25) is 0 Å². The van der Waals surface area contributed by atoms with Crippen molar-refractivity contribution in [3.8, 4) is 0 Å². The largest absolute Gasteiger partial charge is 0.417 e. The Bertz CT molecular complexity index is 1420. The summed E-state index contributed by atoms with van der Waals surface area (Å²) in [7, 11) is 0. The number of nitrogens with zero attached hydrogens (tertiary/aromatic N) is 3. The van der Waals surface area contributed by atoms with Crippen molar-refractivity contribution >= 4 is 5.82 Å². The molecular weight excluding hydrogens is 591 g/mol. The Labute approximate surface area is 268 Å². The van der Waals surface area contributed by atoms with Crippen LogP contribution < -0.4 is 4.90 Å². The molecule has 4 atom stereocenters. The van der Waals surface area contributed by atoms with Crippen molar-refractivity contribution in [3.63, 3.8) is 0 Å². The smallest absolute Gasteiger partial charge is 0.369 e. The summed E-state index contributed by atoms with van der Waals surface area (Å²) in [6, 6.07) is 33.0. The van der Waals surface area contributed by atoms with E-state index in [1.165, 1.54) is 6.07 Å². The van der Waals surface area contributed by atoms with E-state index in [0.717, 1.165) is 55.0 Å². The highest BCUT2D eigenvalue weighted by molar-refractivity contribution is 5.41. The van der Waals surface area contributed by atoms with E-state index in [1.54, 1.807) is 0 Å². The first kappa shape index (κ1) is 32.2. The summed E-state index contributed by atoms with van der Waals surface area (Å²) in [4.78, 5) is 8.61. The summed E-state index contributed by atoms with van der Waals surface area (Å²) >= 11 is 0. The van der Waals surface area contributed by atoms with Crippen molar-refractivity contribution in [1.29, 1.82) is 0 Å². The molecule has 2 saturated heterocycles. The molecule has 0 aliphatic carbocycles. The molecular formula is C37H40F3N3O3. The maximum absolute atomic E-state index is 13.1. The minimum Gasteiger partial charge on any atom is -0.369 e. The van der Waals surface area contributed by atoms with Gasteiger partial charge in [0.2, 0.25) is 0 Å². The third-order valence-corrected chi connectivity index (χ3v) is 8.71. The lowest BCUT2D eigenvalue weighted by molar-refractivity contribution is -0.185. The van der Waals surface area contributed by atoms with Crippen LogP contribution >= 0.6 is 0 Å². The van der Waals surface area contributed by atoms with Crippen LogP contribution in [0.25, 0.3) is 0 Å². The molecule has 0 amide bonds. The van der Waals surface area contributed by atoms with Crippen molar-refractivity contribution in [3.05, 3.63) is 132 Å². The lowest BCUT2D eigenvalue weighted by Crippen LogP contribution is -2.58. The van der Waals surface area contributed by atoms with Gasteiger partial charge in [-0.1, -0.05) is 91.0 Å². The van der Waals surface area contributed by atoms with Crippen LogP contribution in [0.3, 0.4) is 0 Å². The fourth-order valence-electron chi connectivity index (χ4n) is 6.31. The number of anilines is 1. The Balaban J connectivity index is 1.16. The van der Waals surface area contributed by atoms with E-state index in [4.69, 9.17) is 14.2 Å². The number of aromatic nitrogens is 1. The Hall–Kier alpha value is -3.76. The molecule has 2 fully saturated rings. The number of alkyl halides is 3. The standard InChI is InChI=1S/C37H40F3N3O3/c38-37(39,40)32-16-17-35(41-20-32)43-19-18-31(22-43)21-42-23-33(44-25-28-10-4-1-5-11-28)36(46-27-30-14-8-3-9-15-30)34(24-42)45-26-29-12-6-2-7-13-29/h1-17,20,31,33-34,36H,18-19,21-27H2/t31-,33-,34+,36?/m0/s1. The Morgan fingerprint density at radius 1 is 0.652 bits per heavy atom. The van der Waals surface area contributed by atoms with Crippen LogP contribution in [0, 0.1) is 5.92 Å². The number of rotatable bonds is 12. The lowest BCUT2D eigenvalue weighted by atomic mass is 9.98. The molecule has 242 valence electrons. The highest BCUT2D eigenvalue weighted by Crippen LogP contribution is 2.31. The van der Waals surface area contributed by atoms with Gasteiger partial charge in [0, 0.05) is 38.9 Å². The van der Waals surface area contributed by atoms with Gasteiger partial charge in [0.15, 0.2) is 0 Å². The second-order valence-corrected chi connectivity index (χ2v) is 12.2. The molecule has 0 saturated carbocycles. The van der Waals surface area contributed by atoms with Gasteiger partial charge in [0.05, 0.1) is 37.6 Å². The third-order valence-electron chi connectivity index (χ3n) is 8.71. The highest BCUT2D eigenvalue weighted by Gasteiger charge is 2.40. The van der Waals surface area contributed by atoms with Crippen LogP contribution in [-0.2, 0) is 40.2 Å². The minimum atomic E-state index is -4.39. The van der Waals surface area contributed by atoms with Gasteiger partial charge in [0.25, 0.3) is 0 Å². The molecule has 6 nitrogen and oxygen atoms in total. The molecule has 4 aromatic rings. The molecule has 0 bridgehead atoms. The first-order valence-electron chi connectivity index (χ1n) is 15.9. The van der Waals surface area contributed by atoms with Gasteiger partial charge in [-0.25, -0.2) is 4.98 Å². The van der Waals surface area contributed by atoms with Crippen molar-refractivity contribution in [1.82, 2.24) is 9.88 Å². The fourth-order valence-corrected chi connectivity index (χ4v) is 6.31. The summed E-state index contributed by atoms with van der Waals surface area (Å²) in [5, 5.41) is 0. The van der Waals surface area contributed by atoms with Gasteiger partial charge < -0.3 is 19.1 Å². The SMILES string of the molecule is FC(F)(F)c1ccc(N2CC[C@@H](CN3C[C@H](OCc4ccccc4)C(OCc4ccccc4)[C@H](OCc4ccccc4)C3)C2)nc1. The molecule has 1 unspecified atom stereocenters. The molecule has 3 aromatic carbocycles. The molecule has 6 rings (SSSR count). The zero-order chi connectivity index (χ0) is 31.8. The molecule has 0 radical (unpaired) electrons. The van der Waals surface area contributed by atoms with Gasteiger partial charge in [-0.3, -0.25) is 4.90 Å². The van der Waals surface area contributed by atoms with E-state index >= 15 is 0 Å². The fraction of sp³-hybridized carbons (Fsp3) is 0.378. The summed E-state index contributed by atoms with van der Waals surface area (Å²) in [6.07, 6.45) is -3.28. The molecule has 9 heteroatoms. The Morgan fingerprint density at radius 2 is 1.17 bits per heavy atom. The Morgan fingerprint density at radius 3 is 1.65 bits per heavy atom.